The van der Waals surface area contributed by atoms with Crippen LogP contribution in [0.3, 0.4) is 0 Å². The number of hydrogen-bond donors (Lipinski definition) is 1. The van der Waals surface area contributed by atoms with Gasteiger partial charge in [0.2, 0.25) is 5.88 Å². The zero-order valence-electron chi connectivity index (χ0n) is 10.0. The quantitative estimate of drug-likeness (QED) is 0.898. The first-order valence-electron chi connectivity index (χ1n) is 5.37. The van der Waals surface area contributed by atoms with Crippen molar-refractivity contribution in [2.24, 2.45) is 0 Å². The summed E-state index contributed by atoms with van der Waals surface area (Å²) >= 11 is 0. The maximum atomic E-state index is 10.9. The molecule has 0 spiro atoms. The third-order valence-electron chi connectivity index (χ3n) is 2.42. The summed E-state index contributed by atoms with van der Waals surface area (Å²) in [6.07, 6.45) is 1.63. The lowest BCUT2D eigenvalue weighted by atomic mass is 10.1. The molecule has 2 rings (SSSR count). The minimum atomic E-state index is -0.950. The molecule has 0 atom stereocenters. The molecule has 0 saturated heterocycles. The number of aromatic carboxylic acids is 1. The number of carbonyl (C=O) groups is 1. The maximum absolute atomic E-state index is 10.9. The SMILES string of the molecule is Cc1cnnc(Oc2ccc(C(=O)O)c(C)c2)c1. The number of rotatable bonds is 3. The molecule has 0 aliphatic rings. The van der Waals surface area contributed by atoms with Crippen LogP contribution in [-0.4, -0.2) is 21.3 Å². The van der Waals surface area contributed by atoms with E-state index in [1.807, 2.05) is 6.92 Å². The predicted octanol–water partition coefficient (Wildman–Crippen LogP) is 2.58. The monoisotopic (exact) mass is 244 g/mol. The number of carboxylic acid groups (broad SMARTS) is 1. The zero-order chi connectivity index (χ0) is 13.1. The molecule has 5 heteroatoms. The first kappa shape index (κ1) is 12.0. The molecule has 0 saturated carbocycles. The van der Waals surface area contributed by atoms with Crippen LogP contribution in [0.15, 0.2) is 30.5 Å². The number of nitrogens with zero attached hydrogens (tertiary/aromatic N) is 2. The summed E-state index contributed by atoms with van der Waals surface area (Å²) in [7, 11) is 0. The molecule has 1 aromatic heterocycles. The van der Waals surface area contributed by atoms with Crippen LogP contribution in [0.4, 0.5) is 0 Å². The molecule has 0 fully saturated rings. The molecule has 0 aliphatic carbocycles. The van der Waals surface area contributed by atoms with Crippen LogP contribution >= 0.6 is 0 Å². The summed E-state index contributed by atoms with van der Waals surface area (Å²) in [5, 5.41) is 16.5. The number of hydrogen-bond acceptors (Lipinski definition) is 4. The zero-order valence-corrected chi connectivity index (χ0v) is 10.0. The lowest BCUT2D eigenvalue weighted by Crippen LogP contribution is -1.99. The molecule has 92 valence electrons. The van der Waals surface area contributed by atoms with Gasteiger partial charge in [0.1, 0.15) is 5.75 Å². The van der Waals surface area contributed by atoms with E-state index in [0.29, 0.717) is 17.2 Å². The van der Waals surface area contributed by atoms with Crippen molar-refractivity contribution in [1.29, 1.82) is 0 Å². The highest BCUT2D eigenvalue weighted by Crippen LogP contribution is 2.22. The first-order valence-corrected chi connectivity index (χ1v) is 5.37. The summed E-state index contributed by atoms with van der Waals surface area (Å²) in [5.41, 5.74) is 1.84. The van der Waals surface area contributed by atoms with Gasteiger partial charge in [-0.1, -0.05) is 0 Å². The fourth-order valence-corrected chi connectivity index (χ4v) is 1.55. The molecule has 0 bridgehead atoms. The van der Waals surface area contributed by atoms with Crippen molar-refractivity contribution in [3.63, 3.8) is 0 Å². The van der Waals surface area contributed by atoms with Gasteiger partial charge in [-0.05, 0) is 43.2 Å². The van der Waals surface area contributed by atoms with Crippen LogP contribution in [0.5, 0.6) is 11.6 Å². The molecule has 0 radical (unpaired) electrons. The lowest BCUT2D eigenvalue weighted by Gasteiger charge is -2.06. The molecule has 0 amide bonds. The average molecular weight is 244 g/mol. The van der Waals surface area contributed by atoms with Crippen LogP contribution in [0.2, 0.25) is 0 Å². The van der Waals surface area contributed by atoms with Gasteiger partial charge in [0.25, 0.3) is 0 Å². The van der Waals surface area contributed by atoms with Gasteiger partial charge in [0.05, 0.1) is 11.8 Å². The van der Waals surface area contributed by atoms with Crippen molar-refractivity contribution in [2.45, 2.75) is 13.8 Å². The van der Waals surface area contributed by atoms with Crippen LogP contribution in [-0.2, 0) is 0 Å². The molecular formula is C13H12N2O3. The van der Waals surface area contributed by atoms with Gasteiger partial charge in [-0.3, -0.25) is 0 Å². The Balaban J connectivity index is 2.25. The van der Waals surface area contributed by atoms with E-state index in [4.69, 9.17) is 9.84 Å². The summed E-state index contributed by atoms with van der Waals surface area (Å²) in [6, 6.07) is 6.53. The highest BCUT2D eigenvalue weighted by Gasteiger charge is 2.08. The highest BCUT2D eigenvalue weighted by atomic mass is 16.5. The molecule has 5 nitrogen and oxygen atoms in total. The van der Waals surface area contributed by atoms with Crippen molar-refractivity contribution in [3.05, 3.63) is 47.2 Å². The Labute approximate surface area is 104 Å². The highest BCUT2D eigenvalue weighted by molar-refractivity contribution is 5.89. The maximum Gasteiger partial charge on any atom is 0.335 e. The smallest absolute Gasteiger partial charge is 0.335 e. The van der Waals surface area contributed by atoms with E-state index in [2.05, 4.69) is 10.2 Å². The van der Waals surface area contributed by atoms with Gasteiger partial charge in [-0.2, -0.15) is 5.10 Å². The summed E-state index contributed by atoms with van der Waals surface area (Å²) < 4.78 is 5.51. The molecule has 2 aromatic rings. The minimum Gasteiger partial charge on any atom is -0.478 e. The second kappa shape index (κ2) is 4.83. The Morgan fingerprint density at radius 2 is 2.06 bits per heavy atom. The van der Waals surface area contributed by atoms with E-state index in [1.165, 1.54) is 6.07 Å². The second-order valence-electron chi connectivity index (χ2n) is 3.96. The average Bonchev–Trinajstić information content (AvgIpc) is 2.28. The standard InChI is InChI=1S/C13H12N2O3/c1-8-5-12(15-14-7-8)18-10-3-4-11(13(16)17)9(2)6-10/h3-7H,1-2H3,(H,16,17). The van der Waals surface area contributed by atoms with Gasteiger partial charge in [-0.25, -0.2) is 4.79 Å². The number of aromatic nitrogens is 2. The summed E-state index contributed by atoms with van der Waals surface area (Å²) in [4.78, 5) is 10.9. The third-order valence-corrected chi connectivity index (χ3v) is 2.42. The van der Waals surface area contributed by atoms with Crippen molar-refractivity contribution >= 4 is 5.97 Å². The molecule has 1 heterocycles. The first-order chi connectivity index (χ1) is 8.56. The van der Waals surface area contributed by atoms with E-state index in [-0.39, 0.29) is 5.56 Å². The number of benzene rings is 1. The van der Waals surface area contributed by atoms with E-state index < -0.39 is 5.97 Å². The van der Waals surface area contributed by atoms with Crippen molar-refractivity contribution in [2.75, 3.05) is 0 Å². The van der Waals surface area contributed by atoms with Gasteiger partial charge in [0, 0.05) is 6.07 Å². The van der Waals surface area contributed by atoms with Crippen LogP contribution < -0.4 is 4.74 Å². The lowest BCUT2D eigenvalue weighted by molar-refractivity contribution is 0.0696. The minimum absolute atomic E-state index is 0.262. The van der Waals surface area contributed by atoms with Crippen LogP contribution in [0.1, 0.15) is 21.5 Å². The van der Waals surface area contributed by atoms with Crippen molar-refractivity contribution in [3.8, 4) is 11.6 Å². The molecule has 0 unspecified atom stereocenters. The van der Waals surface area contributed by atoms with Gasteiger partial charge in [0.15, 0.2) is 0 Å². The molecule has 1 N–H and O–H groups in total. The Kier molecular flexibility index (Phi) is 3.23. The van der Waals surface area contributed by atoms with Crippen LogP contribution in [0.25, 0.3) is 0 Å². The van der Waals surface area contributed by atoms with E-state index in [9.17, 15) is 4.79 Å². The predicted molar refractivity (Wildman–Crippen MR) is 65.0 cm³/mol. The van der Waals surface area contributed by atoms with Crippen LogP contribution in [0, 0.1) is 13.8 Å². The summed E-state index contributed by atoms with van der Waals surface area (Å²) in [5.74, 6) is -0.0238. The van der Waals surface area contributed by atoms with Gasteiger partial charge >= 0.3 is 5.97 Å². The number of aryl methyl sites for hydroxylation is 2. The van der Waals surface area contributed by atoms with E-state index in [0.717, 1.165) is 5.56 Å². The van der Waals surface area contributed by atoms with E-state index in [1.54, 1.807) is 31.3 Å². The Bertz CT molecular complexity index is 597. The van der Waals surface area contributed by atoms with E-state index >= 15 is 0 Å². The fourth-order valence-electron chi connectivity index (χ4n) is 1.55. The van der Waals surface area contributed by atoms with Gasteiger partial charge < -0.3 is 9.84 Å². The largest absolute Gasteiger partial charge is 0.478 e. The molecule has 18 heavy (non-hydrogen) atoms. The van der Waals surface area contributed by atoms with Crippen molar-refractivity contribution in [1.82, 2.24) is 10.2 Å². The molecule has 1 aromatic carbocycles. The fraction of sp³-hybridized carbons (Fsp3) is 0.154. The second-order valence-corrected chi connectivity index (χ2v) is 3.96. The molecule has 0 aliphatic heterocycles. The van der Waals surface area contributed by atoms with Gasteiger partial charge in [-0.15, -0.1) is 5.10 Å². The Morgan fingerprint density at radius 1 is 1.28 bits per heavy atom. The number of carboxylic acids is 1. The van der Waals surface area contributed by atoms with Crippen molar-refractivity contribution < 1.29 is 14.6 Å². The number of ether oxygens (including phenoxy) is 1. The summed E-state index contributed by atoms with van der Waals surface area (Å²) in [6.45, 7) is 3.61. The Morgan fingerprint density at radius 3 is 2.67 bits per heavy atom. The third kappa shape index (κ3) is 2.63. The Hall–Kier alpha value is -2.43. The topological polar surface area (TPSA) is 72.3 Å². The normalized spacial score (nSPS) is 10.1. The molecular weight excluding hydrogens is 232 g/mol.